The van der Waals surface area contributed by atoms with Gasteiger partial charge in [-0.1, -0.05) is 18.2 Å². The van der Waals surface area contributed by atoms with Crippen molar-refractivity contribution in [2.24, 2.45) is 5.73 Å². The summed E-state index contributed by atoms with van der Waals surface area (Å²) >= 11 is 1.52. The van der Waals surface area contributed by atoms with Crippen molar-refractivity contribution < 1.29 is 19.8 Å². The molecule has 9 nitrogen and oxygen atoms in total. The van der Waals surface area contributed by atoms with Crippen LogP contribution in [0, 0.1) is 0 Å². The molecule has 3 aromatic rings. The summed E-state index contributed by atoms with van der Waals surface area (Å²) in [5.41, 5.74) is 7.34. The maximum atomic E-state index is 12.1. The van der Waals surface area contributed by atoms with Gasteiger partial charge in [0.15, 0.2) is 0 Å². The van der Waals surface area contributed by atoms with Crippen LogP contribution < -0.4 is 16.4 Å². The molecule has 0 spiro atoms. The predicted octanol–water partition coefficient (Wildman–Crippen LogP) is 1.10. The largest absolute Gasteiger partial charge is 0.394 e. The van der Waals surface area contributed by atoms with Crippen LogP contribution in [0.2, 0.25) is 0 Å². The van der Waals surface area contributed by atoms with Gasteiger partial charge in [0.25, 0.3) is 0 Å². The van der Waals surface area contributed by atoms with Crippen molar-refractivity contribution in [2.75, 3.05) is 18.5 Å². The number of nitrogens with two attached hydrogens (primary N) is 1. The van der Waals surface area contributed by atoms with Crippen LogP contribution in [0.25, 0.3) is 16.3 Å². The van der Waals surface area contributed by atoms with Crippen LogP contribution in [0.4, 0.5) is 10.6 Å². The number of aliphatic hydroxyl groups is 2. The van der Waals surface area contributed by atoms with E-state index in [4.69, 9.17) is 10.8 Å². The van der Waals surface area contributed by atoms with E-state index in [2.05, 4.69) is 15.7 Å². The molecule has 2 heterocycles. The summed E-state index contributed by atoms with van der Waals surface area (Å²) < 4.78 is 1.55. The second kappa shape index (κ2) is 9.32. The van der Waals surface area contributed by atoms with E-state index in [1.807, 2.05) is 17.5 Å². The van der Waals surface area contributed by atoms with Gasteiger partial charge >= 0.3 is 6.03 Å². The number of aromatic nitrogens is 2. The molecule has 10 heteroatoms. The SMILES string of the molecule is NC(=O)Nc1cc(-c2cccs2)nn1-c1cccc(CC(=O)NCC(O)CO)c1. The second-order valence-corrected chi connectivity index (χ2v) is 7.23. The molecule has 6 N–H and O–H groups in total. The normalized spacial score (nSPS) is 11.8. The lowest BCUT2D eigenvalue weighted by molar-refractivity contribution is -0.121. The number of primary amides is 1. The first-order chi connectivity index (χ1) is 14.0. The standard InChI is InChI=1S/C19H21N5O4S/c20-19(28)22-17-9-15(16-5-2-6-29-16)23-24(17)13-4-1-3-12(7-13)8-18(27)21-10-14(26)11-25/h1-7,9,14,25-26H,8,10-11H2,(H,21,27)(H3,20,22,28). The molecule has 0 aliphatic heterocycles. The molecule has 0 saturated carbocycles. The number of rotatable bonds is 8. The molecular formula is C19H21N5O4S. The highest BCUT2D eigenvalue weighted by Gasteiger charge is 2.14. The number of carbonyl (C=O) groups excluding carboxylic acids is 2. The topological polar surface area (TPSA) is 142 Å². The van der Waals surface area contributed by atoms with Crippen molar-refractivity contribution >= 4 is 29.1 Å². The summed E-state index contributed by atoms with van der Waals surface area (Å²) in [6.45, 7) is -0.442. The van der Waals surface area contributed by atoms with Gasteiger partial charge < -0.3 is 21.3 Å². The third-order valence-electron chi connectivity index (χ3n) is 4.00. The Labute approximate surface area is 170 Å². The van der Waals surface area contributed by atoms with Gasteiger partial charge in [-0.25, -0.2) is 9.48 Å². The molecule has 152 valence electrons. The highest BCUT2D eigenvalue weighted by Crippen LogP contribution is 2.28. The van der Waals surface area contributed by atoms with Gasteiger partial charge in [0.05, 0.1) is 29.7 Å². The smallest absolute Gasteiger partial charge is 0.317 e. The Bertz CT molecular complexity index is 986. The fourth-order valence-electron chi connectivity index (χ4n) is 2.68. The molecule has 0 saturated heterocycles. The van der Waals surface area contributed by atoms with Crippen LogP contribution in [0.15, 0.2) is 47.8 Å². The molecule has 0 aliphatic carbocycles. The van der Waals surface area contributed by atoms with Crippen LogP contribution in [0.3, 0.4) is 0 Å². The number of hydrogen-bond donors (Lipinski definition) is 5. The van der Waals surface area contributed by atoms with Crippen molar-refractivity contribution in [3.05, 3.63) is 53.4 Å². The Kier molecular flexibility index (Phi) is 6.60. The fourth-order valence-corrected chi connectivity index (χ4v) is 3.36. The van der Waals surface area contributed by atoms with Gasteiger partial charge in [-0.15, -0.1) is 11.3 Å². The minimum atomic E-state index is -0.993. The van der Waals surface area contributed by atoms with E-state index in [1.54, 1.807) is 35.0 Å². The second-order valence-electron chi connectivity index (χ2n) is 6.28. The molecule has 0 radical (unpaired) electrons. The Balaban J connectivity index is 1.84. The van der Waals surface area contributed by atoms with Crippen LogP contribution in [-0.2, 0) is 11.2 Å². The molecular weight excluding hydrogens is 394 g/mol. The van der Waals surface area contributed by atoms with Crippen molar-refractivity contribution in [2.45, 2.75) is 12.5 Å². The molecule has 0 aliphatic rings. The zero-order valence-corrected chi connectivity index (χ0v) is 16.2. The number of nitrogens with one attached hydrogen (secondary N) is 2. The number of nitrogens with zero attached hydrogens (tertiary/aromatic N) is 2. The summed E-state index contributed by atoms with van der Waals surface area (Å²) in [4.78, 5) is 24.4. The number of benzene rings is 1. The number of amides is 3. The van der Waals surface area contributed by atoms with Crippen molar-refractivity contribution in [1.82, 2.24) is 15.1 Å². The zero-order valence-electron chi connectivity index (χ0n) is 15.4. The maximum Gasteiger partial charge on any atom is 0.317 e. The first-order valence-corrected chi connectivity index (χ1v) is 9.69. The van der Waals surface area contributed by atoms with E-state index in [-0.39, 0.29) is 18.9 Å². The molecule has 1 atom stereocenters. The van der Waals surface area contributed by atoms with Gasteiger partial charge in [-0.3, -0.25) is 10.1 Å². The Morgan fingerprint density at radius 2 is 2.07 bits per heavy atom. The number of anilines is 1. The van der Waals surface area contributed by atoms with Crippen LogP contribution in [-0.4, -0.2) is 51.2 Å². The number of urea groups is 1. The Morgan fingerprint density at radius 1 is 1.24 bits per heavy atom. The van der Waals surface area contributed by atoms with Gasteiger partial charge in [0.1, 0.15) is 11.5 Å². The molecule has 2 aromatic heterocycles. The van der Waals surface area contributed by atoms with E-state index < -0.39 is 18.7 Å². The number of hydrogen-bond acceptors (Lipinski definition) is 6. The van der Waals surface area contributed by atoms with Crippen LogP contribution in [0.5, 0.6) is 0 Å². The highest BCUT2D eigenvalue weighted by molar-refractivity contribution is 7.13. The molecule has 0 bridgehead atoms. The third-order valence-corrected chi connectivity index (χ3v) is 4.89. The van der Waals surface area contributed by atoms with Gasteiger partial charge in [-0.2, -0.15) is 5.10 Å². The molecule has 1 unspecified atom stereocenters. The van der Waals surface area contributed by atoms with E-state index in [9.17, 15) is 14.7 Å². The first-order valence-electron chi connectivity index (χ1n) is 8.81. The predicted molar refractivity (Wildman–Crippen MR) is 110 cm³/mol. The molecule has 0 fully saturated rings. The summed E-state index contributed by atoms with van der Waals surface area (Å²) in [5, 5.41) is 29.8. The lowest BCUT2D eigenvalue weighted by Gasteiger charge is -2.11. The van der Waals surface area contributed by atoms with Crippen LogP contribution in [0.1, 0.15) is 5.56 Å². The summed E-state index contributed by atoms with van der Waals surface area (Å²) in [5.74, 6) is 0.124. The maximum absolute atomic E-state index is 12.1. The monoisotopic (exact) mass is 415 g/mol. The lowest BCUT2D eigenvalue weighted by Crippen LogP contribution is -2.34. The van der Waals surface area contributed by atoms with Gasteiger partial charge in [0.2, 0.25) is 5.91 Å². The summed E-state index contributed by atoms with van der Waals surface area (Å²) in [6.07, 6.45) is -0.906. The van der Waals surface area contributed by atoms with E-state index in [1.165, 1.54) is 11.3 Å². The van der Waals surface area contributed by atoms with Gasteiger partial charge in [0, 0.05) is 12.6 Å². The highest BCUT2D eigenvalue weighted by atomic mass is 32.1. The van der Waals surface area contributed by atoms with E-state index >= 15 is 0 Å². The van der Waals surface area contributed by atoms with Crippen molar-refractivity contribution in [1.29, 1.82) is 0 Å². The van der Waals surface area contributed by atoms with Crippen molar-refractivity contribution in [3.63, 3.8) is 0 Å². The quantitative estimate of drug-likeness (QED) is 0.374. The first kappa shape index (κ1) is 20.5. The average molecular weight is 415 g/mol. The number of aliphatic hydroxyl groups excluding tert-OH is 2. The average Bonchev–Trinajstić information content (AvgIpc) is 3.35. The van der Waals surface area contributed by atoms with Crippen molar-refractivity contribution in [3.8, 4) is 16.3 Å². The molecule has 1 aromatic carbocycles. The molecule has 29 heavy (non-hydrogen) atoms. The summed E-state index contributed by atoms with van der Waals surface area (Å²) in [7, 11) is 0. The minimum absolute atomic E-state index is 0.0228. The number of carbonyl (C=O) groups is 2. The third kappa shape index (κ3) is 5.41. The summed E-state index contributed by atoms with van der Waals surface area (Å²) in [6, 6.07) is 12.0. The fraction of sp³-hybridized carbons (Fsp3) is 0.211. The van der Waals surface area contributed by atoms with Crippen LogP contribution >= 0.6 is 11.3 Å². The van der Waals surface area contributed by atoms with Gasteiger partial charge in [-0.05, 0) is 29.1 Å². The molecule has 3 amide bonds. The molecule has 3 rings (SSSR count). The lowest BCUT2D eigenvalue weighted by atomic mass is 10.1. The Morgan fingerprint density at radius 3 is 2.76 bits per heavy atom. The Hall–Kier alpha value is -3.21. The number of thiophene rings is 1. The van der Waals surface area contributed by atoms with E-state index in [0.717, 1.165) is 10.4 Å². The van der Waals surface area contributed by atoms with E-state index in [0.29, 0.717) is 17.2 Å². The minimum Gasteiger partial charge on any atom is -0.394 e. The zero-order chi connectivity index (χ0) is 20.8.